The zero-order valence-electron chi connectivity index (χ0n) is 19.3. The fraction of sp³-hybridized carbons (Fsp3) is 0.222. The number of hydrogen-bond acceptors (Lipinski definition) is 5. The van der Waals surface area contributed by atoms with E-state index >= 15 is 0 Å². The van der Waals surface area contributed by atoms with Crippen LogP contribution in [0.15, 0.2) is 66.7 Å². The van der Waals surface area contributed by atoms with Gasteiger partial charge >= 0.3 is 12.1 Å². The highest BCUT2D eigenvalue weighted by molar-refractivity contribution is 6.04. The molecule has 0 saturated carbocycles. The molecule has 1 aliphatic rings. The second kappa shape index (κ2) is 9.99. The number of fused-ring (bicyclic) bond motifs is 3. The van der Waals surface area contributed by atoms with Gasteiger partial charge in [-0.2, -0.15) is 0 Å². The molecule has 3 aromatic rings. The molecule has 35 heavy (non-hydrogen) atoms. The van der Waals surface area contributed by atoms with Crippen molar-refractivity contribution in [2.45, 2.75) is 31.9 Å². The number of benzene rings is 3. The molecular formula is C27H26N2O6. The molecule has 2 amide bonds. The van der Waals surface area contributed by atoms with E-state index in [0.29, 0.717) is 0 Å². The fourth-order valence-corrected chi connectivity index (χ4v) is 4.31. The van der Waals surface area contributed by atoms with E-state index in [-0.39, 0.29) is 23.8 Å². The molecule has 8 nitrogen and oxygen atoms in total. The average molecular weight is 475 g/mol. The average Bonchev–Trinajstić information content (AvgIpc) is 3.15. The van der Waals surface area contributed by atoms with Gasteiger partial charge in [-0.3, -0.25) is 10.1 Å². The Balaban J connectivity index is 1.49. The summed E-state index contributed by atoms with van der Waals surface area (Å²) in [5.74, 6) is -2.22. The molecule has 4 rings (SSSR count). The van der Waals surface area contributed by atoms with Gasteiger partial charge in [-0.15, -0.1) is 0 Å². The van der Waals surface area contributed by atoms with Crippen molar-refractivity contribution in [3.05, 3.63) is 89.0 Å². The lowest BCUT2D eigenvalue weighted by atomic mass is 9.98. The number of rotatable bonds is 7. The number of carbonyl (C=O) groups excluding carboxylic acids is 2. The van der Waals surface area contributed by atoms with E-state index in [1.165, 1.54) is 13.0 Å². The summed E-state index contributed by atoms with van der Waals surface area (Å²) in [7, 11) is 0. The monoisotopic (exact) mass is 474 g/mol. The quantitative estimate of drug-likeness (QED) is 0.411. The van der Waals surface area contributed by atoms with Crippen LogP contribution >= 0.6 is 0 Å². The van der Waals surface area contributed by atoms with Crippen LogP contribution in [0.1, 0.15) is 39.9 Å². The number of ether oxygens (including phenoxy) is 1. The second-order valence-electron chi connectivity index (χ2n) is 8.53. The van der Waals surface area contributed by atoms with Crippen LogP contribution in [-0.2, 0) is 9.53 Å². The van der Waals surface area contributed by atoms with Crippen molar-refractivity contribution in [1.29, 1.82) is 0 Å². The Morgan fingerprint density at radius 2 is 1.57 bits per heavy atom. The molecule has 4 N–H and O–H groups in total. The van der Waals surface area contributed by atoms with Crippen LogP contribution in [0.3, 0.4) is 0 Å². The van der Waals surface area contributed by atoms with Crippen molar-refractivity contribution in [2.24, 2.45) is 0 Å². The normalized spacial score (nSPS) is 13.8. The van der Waals surface area contributed by atoms with Crippen LogP contribution in [-0.4, -0.2) is 46.9 Å². The van der Waals surface area contributed by atoms with Gasteiger partial charge in [-0.1, -0.05) is 60.2 Å². The van der Waals surface area contributed by atoms with E-state index in [4.69, 9.17) is 4.74 Å². The van der Waals surface area contributed by atoms with Crippen LogP contribution in [0, 0.1) is 6.92 Å². The van der Waals surface area contributed by atoms with Crippen molar-refractivity contribution < 1.29 is 29.3 Å². The molecule has 0 heterocycles. The number of carboxylic acid groups (broad SMARTS) is 1. The van der Waals surface area contributed by atoms with Gasteiger partial charge in [0.2, 0.25) is 0 Å². The Hall–Kier alpha value is -4.17. The summed E-state index contributed by atoms with van der Waals surface area (Å²) in [6.45, 7) is 3.14. The first-order valence-corrected chi connectivity index (χ1v) is 11.2. The Labute approximate surface area is 202 Å². The van der Waals surface area contributed by atoms with Crippen LogP contribution in [0.25, 0.3) is 11.1 Å². The number of amides is 2. The molecule has 0 spiro atoms. The lowest BCUT2D eigenvalue weighted by Gasteiger charge is -2.19. The molecule has 0 fully saturated rings. The molecule has 8 heteroatoms. The lowest BCUT2D eigenvalue weighted by Crippen LogP contribution is -2.47. The number of aliphatic hydroxyl groups excluding tert-OH is 1. The van der Waals surface area contributed by atoms with Crippen LogP contribution < -0.4 is 10.6 Å². The molecule has 0 saturated heterocycles. The molecule has 2 atom stereocenters. The second-order valence-corrected chi connectivity index (χ2v) is 8.53. The minimum atomic E-state index is -1.50. The highest BCUT2D eigenvalue weighted by Crippen LogP contribution is 2.44. The molecule has 3 aromatic carbocycles. The number of anilines is 1. The molecule has 0 aromatic heterocycles. The van der Waals surface area contributed by atoms with E-state index in [2.05, 4.69) is 10.6 Å². The van der Waals surface area contributed by atoms with Crippen molar-refractivity contribution in [3.63, 3.8) is 0 Å². The molecule has 0 unspecified atom stereocenters. The van der Waals surface area contributed by atoms with E-state index < -0.39 is 30.1 Å². The topological polar surface area (TPSA) is 125 Å². The third-order valence-electron chi connectivity index (χ3n) is 6.04. The predicted molar refractivity (Wildman–Crippen MR) is 130 cm³/mol. The maximum atomic E-state index is 12.8. The number of aryl methyl sites for hydroxylation is 1. The number of hydrogen-bond donors (Lipinski definition) is 4. The zero-order chi connectivity index (χ0) is 25.1. The van der Waals surface area contributed by atoms with Crippen molar-refractivity contribution >= 4 is 23.7 Å². The first-order valence-electron chi connectivity index (χ1n) is 11.2. The van der Waals surface area contributed by atoms with Gasteiger partial charge < -0.3 is 20.3 Å². The van der Waals surface area contributed by atoms with Gasteiger partial charge in [0, 0.05) is 5.92 Å². The zero-order valence-corrected chi connectivity index (χ0v) is 19.3. The van der Waals surface area contributed by atoms with Gasteiger partial charge in [0.1, 0.15) is 6.61 Å². The fourth-order valence-electron chi connectivity index (χ4n) is 4.31. The predicted octanol–water partition coefficient (Wildman–Crippen LogP) is 3.92. The van der Waals surface area contributed by atoms with Crippen LogP contribution in [0.5, 0.6) is 0 Å². The minimum absolute atomic E-state index is 0.0606. The lowest BCUT2D eigenvalue weighted by molar-refractivity contribution is -0.141. The van der Waals surface area contributed by atoms with E-state index in [9.17, 15) is 24.6 Å². The Morgan fingerprint density at radius 1 is 0.971 bits per heavy atom. The summed E-state index contributed by atoms with van der Waals surface area (Å²) in [4.78, 5) is 36.8. The molecule has 0 radical (unpaired) electrons. The summed E-state index contributed by atoms with van der Waals surface area (Å²) in [6.07, 6.45) is -2.05. The maximum absolute atomic E-state index is 12.8. The van der Waals surface area contributed by atoms with Gasteiger partial charge in [-0.05, 0) is 48.2 Å². The highest BCUT2D eigenvalue weighted by Gasteiger charge is 2.30. The minimum Gasteiger partial charge on any atom is -0.480 e. The number of aliphatic carboxylic acids is 1. The maximum Gasteiger partial charge on any atom is 0.411 e. The summed E-state index contributed by atoms with van der Waals surface area (Å²) in [5.41, 5.74) is 5.34. The summed E-state index contributed by atoms with van der Waals surface area (Å²) in [6, 6.07) is 19.3. The van der Waals surface area contributed by atoms with Gasteiger partial charge in [0.15, 0.2) is 6.04 Å². The SMILES string of the molecule is Cc1ccc(NC(=O)OCC2c3ccccc3-c3ccccc32)c(C(=O)N[C@H](C(=O)O)[C@@H](C)O)c1. The van der Waals surface area contributed by atoms with Gasteiger partial charge in [0.25, 0.3) is 5.91 Å². The summed E-state index contributed by atoms with van der Waals surface area (Å²) >= 11 is 0. The third-order valence-corrected chi connectivity index (χ3v) is 6.04. The van der Waals surface area contributed by atoms with Crippen LogP contribution in [0.4, 0.5) is 10.5 Å². The first kappa shape index (κ1) is 24.0. The van der Waals surface area contributed by atoms with E-state index in [1.54, 1.807) is 19.1 Å². The summed E-state index contributed by atoms with van der Waals surface area (Å²) < 4.78 is 5.55. The molecule has 1 aliphatic carbocycles. The highest BCUT2D eigenvalue weighted by atomic mass is 16.5. The third kappa shape index (κ3) is 5.02. The van der Waals surface area contributed by atoms with Gasteiger partial charge in [0.05, 0.1) is 17.4 Å². The molecule has 0 bridgehead atoms. The van der Waals surface area contributed by atoms with Crippen molar-refractivity contribution in [1.82, 2.24) is 5.32 Å². The Kier molecular flexibility index (Phi) is 6.84. The number of carboxylic acids is 1. The van der Waals surface area contributed by atoms with Gasteiger partial charge in [-0.25, -0.2) is 9.59 Å². The van der Waals surface area contributed by atoms with Crippen LogP contribution in [0.2, 0.25) is 0 Å². The van der Waals surface area contributed by atoms with Crippen molar-refractivity contribution in [3.8, 4) is 11.1 Å². The number of aliphatic hydroxyl groups is 1. The Morgan fingerprint density at radius 3 is 2.14 bits per heavy atom. The van der Waals surface area contributed by atoms with Crippen molar-refractivity contribution in [2.75, 3.05) is 11.9 Å². The molecular weight excluding hydrogens is 448 g/mol. The Bertz CT molecular complexity index is 1240. The standard InChI is InChI=1S/C27H26N2O6/c1-15-11-12-23(21(13-15)25(31)29-24(16(2)30)26(32)33)28-27(34)35-14-22-19-9-5-3-7-17(19)18-8-4-6-10-20(18)22/h3-13,16,22,24,30H,14H2,1-2H3,(H,28,34)(H,29,31)(H,32,33)/t16-,24+/m1/s1. The first-order chi connectivity index (χ1) is 16.8. The number of nitrogens with one attached hydrogen (secondary N) is 2. The summed E-state index contributed by atoms with van der Waals surface area (Å²) in [5, 5.41) is 23.8. The number of carbonyl (C=O) groups is 3. The smallest absolute Gasteiger partial charge is 0.411 e. The molecule has 180 valence electrons. The van der Waals surface area contributed by atoms with E-state index in [0.717, 1.165) is 27.8 Å². The largest absolute Gasteiger partial charge is 0.480 e. The molecule has 0 aliphatic heterocycles. The van der Waals surface area contributed by atoms with E-state index in [1.807, 2.05) is 48.5 Å².